The van der Waals surface area contributed by atoms with Crippen LogP contribution in [0, 0.1) is 5.92 Å². The molecule has 0 aliphatic carbocycles. The van der Waals surface area contributed by atoms with Gasteiger partial charge in [0.15, 0.2) is 0 Å². The van der Waals surface area contributed by atoms with Crippen molar-refractivity contribution in [3.63, 3.8) is 0 Å². The van der Waals surface area contributed by atoms with E-state index in [2.05, 4.69) is 39.1 Å². The molecule has 1 N–H and O–H groups in total. The summed E-state index contributed by atoms with van der Waals surface area (Å²) >= 11 is 7.64. The van der Waals surface area contributed by atoms with Crippen molar-refractivity contribution in [2.24, 2.45) is 5.92 Å². The summed E-state index contributed by atoms with van der Waals surface area (Å²) in [6.07, 6.45) is 2.34. The maximum Gasteiger partial charge on any atom is 0.0931 e. The Morgan fingerprint density at radius 1 is 1.38 bits per heavy atom. The van der Waals surface area contributed by atoms with Crippen molar-refractivity contribution >= 4 is 22.9 Å². The van der Waals surface area contributed by atoms with Gasteiger partial charge in [0.2, 0.25) is 0 Å². The first-order valence-corrected chi connectivity index (χ1v) is 7.09. The Morgan fingerprint density at radius 2 is 2.06 bits per heavy atom. The van der Waals surface area contributed by atoms with E-state index in [1.165, 1.54) is 11.3 Å². The molecule has 1 atom stereocenters. The monoisotopic (exact) mass is 259 g/mol. The second-order valence-electron chi connectivity index (χ2n) is 5.32. The van der Waals surface area contributed by atoms with Gasteiger partial charge in [-0.15, -0.1) is 11.3 Å². The highest BCUT2D eigenvalue weighted by atomic mass is 35.5. The lowest BCUT2D eigenvalue weighted by Crippen LogP contribution is -2.39. The van der Waals surface area contributed by atoms with Gasteiger partial charge < -0.3 is 5.32 Å². The van der Waals surface area contributed by atoms with Crippen molar-refractivity contribution in [1.29, 1.82) is 0 Å². The molecule has 0 saturated heterocycles. The zero-order chi connectivity index (χ0) is 12.2. The van der Waals surface area contributed by atoms with Crippen LogP contribution in [0.25, 0.3) is 0 Å². The molecule has 1 aromatic heterocycles. The summed E-state index contributed by atoms with van der Waals surface area (Å²) in [5, 5.41) is 3.57. The van der Waals surface area contributed by atoms with Crippen molar-refractivity contribution in [3.05, 3.63) is 21.3 Å². The van der Waals surface area contributed by atoms with E-state index in [0.29, 0.717) is 5.92 Å². The highest BCUT2D eigenvalue weighted by Crippen LogP contribution is 2.24. The lowest BCUT2D eigenvalue weighted by Gasteiger charge is -2.24. The molecule has 0 radical (unpaired) electrons. The van der Waals surface area contributed by atoms with Gasteiger partial charge in [-0.25, -0.2) is 0 Å². The SMILES string of the molecule is CCC(CNC(C)(C)C)Cc1ccc(Cl)s1. The molecule has 92 valence electrons. The van der Waals surface area contributed by atoms with Crippen molar-refractivity contribution in [2.75, 3.05) is 6.54 Å². The van der Waals surface area contributed by atoms with Gasteiger partial charge in [-0.3, -0.25) is 0 Å². The Bertz CT molecular complexity index is 314. The number of nitrogens with one attached hydrogen (secondary N) is 1. The lowest BCUT2D eigenvalue weighted by molar-refractivity contribution is 0.364. The molecule has 1 unspecified atom stereocenters. The van der Waals surface area contributed by atoms with Crippen LogP contribution < -0.4 is 5.32 Å². The van der Waals surface area contributed by atoms with E-state index in [1.54, 1.807) is 11.3 Å². The molecular weight excluding hydrogens is 238 g/mol. The standard InChI is InChI=1S/C13H22ClNS/c1-5-10(9-15-13(2,3)4)8-11-6-7-12(14)16-11/h6-7,10,15H,5,8-9H2,1-4H3. The van der Waals surface area contributed by atoms with Crippen LogP contribution >= 0.6 is 22.9 Å². The van der Waals surface area contributed by atoms with Gasteiger partial charge in [0.25, 0.3) is 0 Å². The van der Waals surface area contributed by atoms with E-state index in [-0.39, 0.29) is 5.54 Å². The molecule has 1 heterocycles. The van der Waals surface area contributed by atoms with Gasteiger partial charge in [-0.1, -0.05) is 24.9 Å². The first kappa shape index (κ1) is 14.0. The Hall–Kier alpha value is -0.0500. The van der Waals surface area contributed by atoms with Crippen LogP contribution in [0.1, 0.15) is 39.0 Å². The smallest absolute Gasteiger partial charge is 0.0931 e. The van der Waals surface area contributed by atoms with E-state index in [0.717, 1.165) is 17.3 Å². The number of thiophene rings is 1. The fourth-order valence-electron chi connectivity index (χ4n) is 1.56. The summed E-state index contributed by atoms with van der Waals surface area (Å²) in [7, 11) is 0. The Kier molecular flexibility index (Phi) is 5.29. The Balaban J connectivity index is 2.43. The van der Waals surface area contributed by atoms with Crippen LogP contribution in [0.4, 0.5) is 0 Å². The normalized spacial score (nSPS) is 14.1. The van der Waals surface area contributed by atoms with Crippen LogP contribution in [-0.2, 0) is 6.42 Å². The highest BCUT2D eigenvalue weighted by molar-refractivity contribution is 7.16. The van der Waals surface area contributed by atoms with Crippen LogP contribution in [0.3, 0.4) is 0 Å². The third kappa shape index (κ3) is 5.33. The summed E-state index contributed by atoms with van der Waals surface area (Å²) in [5.41, 5.74) is 0.209. The van der Waals surface area contributed by atoms with E-state index < -0.39 is 0 Å². The minimum absolute atomic E-state index is 0.209. The summed E-state index contributed by atoms with van der Waals surface area (Å²) in [6, 6.07) is 4.14. The number of hydrogen-bond acceptors (Lipinski definition) is 2. The fourth-order valence-corrected chi connectivity index (χ4v) is 2.76. The van der Waals surface area contributed by atoms with Gasteiger partial charge >= 0.3 is 0 Å². The molecule has 0 fully saturated rings. The number of halogens is 1. The van der Waals surface area contributed by atoms with Gasteiger partial charge in [0.1, 0.15) is 0 Å². The third-order valence-electron chi connectivity index (χ3n) is 2.62. The third-order valence-corrected chi connectivity index (χ3v) is 3.87. The molecule has 0 aromatic carbocycles. The minimum Gasteiger partial charge on any atom is -0.312 e. The maximum atomic E-state index is 5.94. The van der Waals surface area contributed by atoms with Crippen LogP contribution in [-0.4, -0.2) is 12.1 Å². The number of hydrogen-bond donors (Lipinski definition) is 1. The molecule has 1 rings (SSSR count). The van der Waals surface area contributed by atoms with Gasteiger partial charge in [0.05, 0.1) is 4.34 Å². The lowest BCUT2D eigenvalue weighted by atomic mass is 9.99. The van der Waals surface area contributed by atoms with Gasteiger partial charge in [-0.05, 0) is 51.8 Å². The summed E-state index contributed by atoms with van der Waals surface area (Å²) in [6.45, 7) is 9.96. The molecule has 0 saturated carbocycles. The predicted molar refractivity (Wildman–Crippen MR) is 74.6 cm³/mol. The topological polar surface area (TPSA) is 12.0 Å². The zero-order valence-corrected chi connectivity index (χ0v) is 12.2. The van der Waals surface area contributed by atoms with Gasteiger partial charge in [-0.2, -0.15) is 0 Å². The average Bonchev–Trinajstić information content (AvgIpc) is 2.57. The quantitative estimate of drug-likeness (QED) is 0.829. The summed E-state index contributed by atoms with van der Waals surface area (Å²) in [4.78, 5) is 1.40. The molecule has 3 heteroatoms. The van der Waals surface area contributed by atoms with Crippen molar-refractivity contribution in [3.8, 4) is 0 Å². The van der Waals surface area contributed by atoms with Crippen LogP contribution in [0.5, 0.6) is 0 Å². The molecule has 0 aliphatic heterocycles. The van der Waals surface area contributed by atoms with E-state index >= 15 is 0 Å². The zero-order valence-electron chi connectivity index (χ0n) is 10.6. The minimum atomic E-state index is 0.209. The maximum absolute atomic E-state index is 5.94. The van der Waals surface area contributed by atoms with Crippen LogP contribution in [0.2, 0.25) is 4.34 Å². The Morgan fingerprint density at radius 3 is 2.50 bits per heavy atom. The first-order chi connectivity index (χ1) is 7.40. The molecule has 1 nitrogen and oxygen atoms in total. The van der Waals surface area contributed by atoms with Crippen molar-refractivity contribution in [1.82, 2.24) is 5.32 Å². The van der Waals surface area contributed by atoms with Crippen molar-refractivity contribution in [2.45, 2.75) is 46.1 Å². The molecule has 0 aliphatic rings. The largest absolute Gasteiger partial charge is 0.312 e. The second-order valence-corrected chi connectivity index (χ2v) is 7.11. The Labute approximate surface area is 108 Å². The predicted octanol–water partition coefficient (Wildman–Crippen LogP) is 4.36. The number of rotatable bonds is 5. The van der Waals surface area contributed by atoms with E-state index in [1.807, 2.05) is 6.07 Å². The summed E-state index contributed by atoms with van der Waals surface area (Å²) < 4.78 is 0.897. The van der Waals surface area contributed by atoms with Gasteiger partial charge in [0, 0.05) is 10.4 Å². The van der Waals surface area contributed by atoms with E-state index in [9.17, 15) is 0 Å². The van der Waals surface area contributed by atoms with E-state index in [4.69, 9.17) is 11.6 Å². The first-order valence-electron chi connectivity index (χ1n) is 5.90. The van der Waals surface area contributed by atoms with Crippen LogP contribution in [0.15, 0.2) is 12.1 Å². The molecule has 0 spiro atoms. The molecule has 0 amide bonds. The molecule has 1 aromatic rings. The summed E-state index contributed by atoms with van der Waals surface area (Å²) in [5.74, 6) is 0.703. The fraction of sp³-hybridized carbons (Fsp3) is 0.692. The molecule has 0 bridgehead atoms. The molecule has 16 heavy (non-hydrogen) atoms. The van der Waals surface area contributed by atoms with Crippen molar-refractivity contribution < 1.29 is 0 Å². The second kappa shape index (κ2) is 6.04. The molecular formula is C13H22ClNS. The average molecular weight is 260 g/mol. The highest BCUT2D eigenvalue weighted by Gasteiger charge is 2.14.